The van der Waals surface area contributed by atoms with Gasteiger partial charge in [-0.1, -0.05) is 13.3 Å². The van der Waals surface area contributed by atoms with Crippen molar-refractivity contribution in [2.75, 3.05) is 13.1 Å². The van der Waals surface area contributed by atoms with E-state index in [9.17, 15) is 13.2 Å². The minimum absolute atomic E-state index is 0.161. The minimum Gasteiger partial charge on any atom is -0.355 e. The number of carbonyl (C=O) groups excluding carboxylic acids is 1. The molecule has 0 unspecified atom stereocenters. The van der Waals surface area contributed by atoms with Crippen molar-refractivity contribution in [3.63, 3.8) is 0 Å². The molecule has 0 atom stereocenters. The molecule has 0 aliphatic heterocycles. The van der Waals surface area contributed by atoms with Crippen LogP contribution in [-0.2, 0) is 14.8 Å². The first-order valence-corrected chi connectivity index (χ1v) is 8.54. The molecular formula is C12H17IN2O3S. The van der Waals surface area contributed by atoms with Gasteiger partial charge in [0.25, 0.3) is 0 Å². The monoisotopic (exact) mass is 396 g/mol. The third-order valence-electron chi connectivity index (χ3n) is 2.40. The van der Waals surface area contributed by atoms with Crippen LogP contribution >= 0.6 is 22.6 Å². The molecule has 0 aliphatic rings. The molecule has 19 heavy (non-hydrogen) atoms. The number of carbonyl (C=O) groups is 1. The third kappa shape index (κ3) is 5.87. The number of benzene rings is 1. The molecule has 0 saturated carbocycles. The lowest BCUT2D eigenvalue weighted by Gasteiger charge is -2.07. The van der Waals surface area contributed by atoms with Crippen LogP contribution in [0.15, 0.2) is 29.2 Å². The van der Waals surface area contributed by atoms with Gasteiger partial charge in [-0.2, -0.15) is 0 Å². The molecule has 5 nitrogen and oxygen atoms in total. The molecule has 0 radical (unpaired) electrons. The summed E-state index contributed by atoms with van der Waals surface area (Å²) >= 11 is 2.10. The zero-order chi connectivity index (χ0) is 14.3. The molecule has 1 aromatic carbocycles. The van der Waals surface area contributed by atoms with E-state index in [1.54, 1.807) is 12.1 Å². The first-order valence-electron chi connectivity index (χ1n) is 5.97. The smallest absolute Gasteiger partial charge is 0.241 e. The molecule has 2 N–H and O–H groups in total. The van der Waals surface area contributed by atoms with Gasteiger partial charge < -0.3 is 5.32 Å². The standard InChI is InChI=1S/C12H17IN2O3S/c1-2-3-8-14-12(16)9-15-19(17,18)11-6-4-10(13)5-7-11/h4-7,15H,2-3,8-9H2,1H3,(H,14,16). The largest absolute Gasteiger partial charge is 0.355 e. The molecule has 0 aliphatic carbocycles. The summed E-state index contributed by atoms with van der Waals surface area (Å²) in [5.41, 5.74) is 0. The van der Waals surface area contributed by atoms with Crippen LogP contribution in [0, 0.1) is 3.57 Å². The predicted molar refractivity (Wildman–Crippen MR) is 82.3 cm³/mol. The summed E-state index contributed by atoms with van der Waals surface area (Å²) in [6.45, 7) is 2.35. The predicted octanol–water partition coefficient (Wildman–Crippen LogP) is 1.49. The fraction of sp³-hybridized carbons (Fsp3) is 0.417. The number of hydrogen-bond acceptors (Lipinski definition) is 3. The Hall–Kier alpha value is -0.670. The lowest BCUT2D eigenvalue weighted by Crippen LogP contribution is -2.37. The van der Waals surface area contributed by atoms with Gasteiger partial charge >= 0.3 is 0 Å². The number of rotatable bonds is 7. The molecule has 0 bridgehead atoms. The van der Waals surface area contributed by atoms with E-state index in [0.29, 0.717) is 6.54 Å². The highest BCUT2D eigenvalue weighted by atomic mass is 127. The van der Waals surface area contributed by atoms with E-state index in [-0.39, 0.29) is 17.3 Å². The SMILES string of the molecule is CCCCNC(=O)CNS(=O)(=O)c1ccc(I)cc1. The number of amides is 1. The quantitative estimate of drug-likeness (QED) is 0.542. The highest BCUT2D eigenvalue weighted by Crippen LogP contribution is 2.11. The topological polar surface area (TPSA) is 75.3 Å². The van der Waals surface area contributed by atoms with Crippen LogP contribution < -0.4 is 10.0 Å². The second kappa shape index (κ2) is 7.81. The van der Waals surface area contributed by atoms with E-state index < -0.39 is 10.0 Å². The summed E-state index contributed by atoms with van der Waals surface area (Å²) in [6.07, 6.45) is 1.87. The van der Waals surface area contributed by atoms with Gasteiger partial charge in [-0.15, -0.1) is 0 Å². The zero-order valence-electron chi connectivity index (χ0n) is 10.6. The Morgan fingerprint density at radius 2 is 1.89 bits per heavy atom. The van der Waals surface area contributed by atoms with Crippen LogP contribution in [0.2, 0.25) is 0 Å². The molecular weight excluding hydrogens is 379 g/mol. The fourth-order valence-corrected chi connectivity index (χ4v) is 2.67. The molecule has 1 amide bonds. The normalized spacial score (nSPS) is 11.3. The summed E-state index contributed by atoms with van der Waals surface area (Å²) in [5, 5.41) is 2.65. The Morgan fingerprint density at radius 3 is 2.47 bits per heavy atom. The molecule has 7 heteroatoms. The maximum atomic E-state index is 11.9. The maximum absolute atomic E-state index is 11.9. The first kappa shape index (κ1) is 16.4. The second-order valence-electron chi connectivity index (χ2n) is 3.98. The van der Waals surface area contributed by atoms with E-state index in [0.717, 1.165) is 16.4 Å². The van der Waals surface area contributed by atoms with E-state index in [1.807, 2.05) is 6.92 Å². The van der Waals surface area contributed by atoms with Gasteiger partial charge in [-0.05, 0) is 53.3 Å². The summed E-state index contributed by atoms with van der Waals surface area (Å²) in [7, 11) is -3.62. The highest BCUT2D eigenvalue weighted by Gasteiger charge is 2.14. The van der Waals surface area contributed by atoms with Crippen molar-refractivity contribution in [2.24, 2.45) is 0 Å². The molecule has 0 heterocycles. The van der Waals surface area contributed by atoms with Crippen LogP contribution in [0.4, 0.5) is 0 Å². The lowest BCUT2D eigenvalue weighted by molar-refractivity contribution is -0.119. The molecule has 1 rings (SSSR count). The number of nitrogens with one attached hydrogen (secondary N) is 2. The van der Waals surface area contributed by atoms with Crippen molar-refractivity contribution >= 4 is 38.5 Å². The van der Waals surface area contributed by atoms with Crippen LogP contribution in [0.5, 0.6) is 0 Å². The third-order valence-corrected chi connectivity index (χ3v) is 4.54. The van der Waals surface area contributed by atoms with Gasteiger partial charge in [-0.25, -0.2) is 13.1 Å². The molecule has 0 fully saturated rings. The van der Waals surface area contributed by atoms with Crippen molar-refractivity contribution in [1.29, 1.82) is 0 Å². The van der Waals surface area contributed by atoms with Gasteiger partial charge in [0.15, 0.2) is 0 Å². The second-order valence-corrected chi connectivity index (χ2v) is 6.99. The number of halogens is 1. The average molecular weight is 396 g/mol. The van der Waals surface area contributed by atoms with Crippen molar-refractivity contribution in [2.45, 2.75) is 24.7 Å². The first-order chi connectivity index (χ1) is 8.95. The summed E-state index contributed by atoms with van der Waals surface area (Å²) in [6, 6.07) is 6.44. The molecule has 106 valence electrons. The van der Waals surface area contributed by atoms with E-state index in [2.05, 4.69) is 32.6 Å². The van der Waals surface area contributed by atoms with E-state index >= 15 is 0 Å². The summed E-state index contributed by atoms with van der Waals surface area (Å²) in [5.74, 6) is -0.317. The van der Waals surface area contributed by atoms with Crippen LogP contribution in [-0.4, -0.2) is 27.4 Å². The van der Waals surface area contributed by atoms with Gasteiger partial charge in [0.05, 0.1) is 11.4 Å². The van der Waals surface area contributed by atoms with Crippen LogP contribution in [0.1, 0.15) is 19.8 Å². The Labute approximate surface area is 127 Å². The Bertz CT molecular complexity index is 514. The number of sulfonamides is 1. The lowest BCUT2D eigenvalue weighted by atomic mass is 10.3. The van der Waals surface area contributed by atoms with Gasteiger partial charge in [0, 0.05) is 10.1 Å². The molecule has 0 spiro atoms. The minimum atomic E-state index is -3.62. The molecule has 1 aromatic rings. The summed E-state index contributed by atoms with van der Waals surface area (Å²) < 4.78 is 27.0. The van der Waals surface area contributed by atoms with Crippen LogP contribution in [0.3, 0.4) is 0 Å². The van der Waals surface area contributed by atoms with Crippen LogP contribution in [0.25, 0.3) is 0 Å². The summed E-state index contributed by atoms with van der Waals surface area (Å²) in [4.78, 5) is 11.6. The number of hydrogen-bond donors (Lipinski definition) is 2. The van der Waals surface area contributed by atoms with Gasteiger partial charge in [0.2, 0.25) is 15.9 Å². The Morgan fingerprint density at radius 1 is 1.26 bits per heavy atom. The number of unbranched alkanes of at least 4 members (excludes halogenated alkanes) is 1. The van der Waals surface area contributed by atoms with Crippen molar-refractivity contribution in [3.05, 3.63) is 27.8 Å². The molecule has 0 saturated heterocycles. The zero-order valence-corrected chi connectivity index (χ0v) is 13.6. The van der Waals surface area contributed by atoms with Gasteiger partial charge in [-0.3, -0.25) is 4.79 Å². The highest BCUT2D eigenvalue weighted by molar-refractivity contribution is 14.1. The fourth-order valence-electron chi connectivity index (χ4n) is 1.32. The Balaban J connectivity index is 2.51. The van der Waals surface area contributed by atoms with Crippen molar-refractivity contribution < 1.29 is 13.2 Å². The Kier molecular flexibility index (Phi) is 6.73. The van der Waals surface area contributed by atoms with Gasteiger partial charge in [0.1, 0.15) is 0 Å². The van der Waals surface area contributed by atoms with Crippen molar-refractivity contribution in [1.82, 2.24) is 10.0 Å². The van der Waals surface area contributed by atoms with E-state index in [1.165, 1.54) is 12.1 Å². The molecule has 0 aromatic heterocycles. The van der Waals surface area contributed by atoms with E-state index in [4.69, 9.17) is 0 Å². The maximum Gasteiger partial charge on any atom is 0.241 e. The average Bonchev–Trinajstić information content (AvgIpc) is 2.37. The van der Waals surface area contributed by atoms with Crippen molar-refractivity contribution in [3.8, 4) is 0 Å².